The van der Waals surface area contributed by atoms with Crippen LogP contribution in [0.25, 0.3) is 27.7 Å². The molecule has 1 fully saturated rings. The number of pyridine rings is 2. The third kappa shape index (κ3) is 2.36. The fourth-order valence-corrected chi connectivity index (χ4v) is 2.90. The van der Waals surface area contributed by atoms with Crippen molar-refractivity contribution in [3.63, 3.8) is 0 Å². The Balaban J connectivity index is 1.53. The van der Waals surface area contributed by atoms with Gasteiger partial charge in [-0.15, -0.1) is 5.10 Å². The predicted octanol–water partition coefficient (Wildman–Crippen LogP) is 3.16. The van der Waals surface area contributed by atoms with Gasteiger partial charge in [0, 0.05) is 41.6 Å². The number of anilines is 1. The summed E-state index contributed by atoms with van der Waals surface area (Å²) in [5.74, 6) is 1.47. The van der Waals surface area contributed by atoms with Crippen LogP contribution >= 0.6 is 0 Å². The highest BCUT2D eigenvalue weighted by molar-refractivity contribution is 5.86. The van der Waals surface area contributed by atoms with Gasteiger partial charge in [-0.05, 0) is 43.0 Å². The van der Waals surface area contributed by atoms with Crippen LogP contribution in [0.4, 0.5) is 5.95 Å². The summed E-state index contributed by atoms with van der Waals surface area (Å²) in [6.07, 6.45) is 10.1. The van der Waals surface area contributed by atoms with E-state index in [1.54, 1.807) is 6.20 Å². The Bertz CT molecular complexity index is 1030. The molecule has 0 aliphatic heterocycles. The van der Waals surface area contributed by atoms with Crippen molar-refractivity contribution in [2.45, 2.75) is 12.8 Å². The Morgan fingerprint density at radius 1 is 1.12 bits per heavy atom. The summed E-state index contributed by atoms with van der Waals surface area (Å²) >= 11 is 0. The van der Waals surface area contributed by atoms with Crippen molar-refractivity contribution in [3.8, 4) is 11.1 Å². The van der Waals surface area contributed by atoms with E-state index < -0.39 is 0 Å². The third-order valence-corrected chi connectivity index (χ3v) is 4.43. The highest BCUT2D eigenvalue weighted by Crippen LogP contribution is 2.29. The lowest BCUT2D eigenvalue weighted by Gasteiger charge is -2.05. The Morgan fingerprint density at radius 2 is 2.08 bits per heavy atom. The maximum atomic E-state index is 4.55. The lowest BCUT2D eigenvalue weighted by atomic mass is 10.1. The van der Waals surface area contributed by atoms with Crippen LogP contribution in [0.2, 0.25) is 0 Å². The standard InChI is InChI=1S/C18H16N6/c1-2-13-8-14(10-20-17(13)19-6-1)15-5-7-24-16(15)11-22-18(23-24)21-9-12-3-4-12/h1-2,5-8,10-12H,3-4,9H2,(H,21,23). The largest absolute Gasteiger partial charge is 0.353 e. The van der Waals surface area contributed by atoms with Gasteiger partial charge in [0.1, 0.15) is 0 Å². The number of hydrogen-bond donors (Lipinski definition) is 1. The quantitative estimate of drug-likeness (QED) is 0.626. The first-order valence-electron chi connectivity index (χ1n) is 8.16. The zero-order valence-corrected chi connectivity index (χ0v) is 13.1. The van der Waals surface area contributed by atoms with Crippen molar-refractivity contribution in [2.75, 3.05) is 11.9 Å². The molecule has 1 aliphatic carbocycles. The summed E-state index contributed by atoms with van der Waals surface area (Å²) in [7, 11) is 0. The van der Waals surface area contributed by atoms with Crippen LogP contribution in [-0.2, 0) is 0 Å². The maximum Gasteiger partial charge on any atom is 0.241 e. The third-order valence-electron chi connectivity index (χ3n) is 4.43. The predicted molar refractivity (Wildman–Crippen MR) is 92.7 cm³/mol. The normalized spacial score (nSPS) is 14.3. The monoisotopic (exact) mass is 316 g/mol. The van der Waals surface area contributed by atoms with Crippen LogP contribution in [-0.4, -0.2) is 31.1 Å². The van der Waals surface area contributed by atoms with Gasteiger partial charge < -0.3 is 5.32 Å². The van der Waals surface area contributed by atoms with Crippen molar-refractivity contribution in [1.82, 2.24) is 24.6 Å². The van der Waals surface area contributed by atoms with Gasteiger partial charge in [0.25, 0.3) is 0 Å². The highest BCUT2D eigenvalue weighted by Gasteiger charge is 2.21. The van der Waals surface area contributed by atoms with Gasteiger partial charge in [-0.3, -0.25) is 0 Å². The van der Waals surface area contributed by atoms with E-state index in [2.05, 4.69) is 31.4 Å². The smallest absolute Gasteiger partial charge is 0.241 e. The van der Waals surface area contributed by atoms with Crippen LogP contribution in [0.1, 0.15) is 12.8 Å². The van der Waals surface area contributed by atoms with Gasteiger partial charge in [0.05, 0.1) is 11.7 Å². The summed E-state index contributed by atoms with van der Waals surface area (Å²) in [5.41, 5.74) is 3.84. The summed E-state index contributed by atoms with van der Waals surface area (Å²) in [6, 6.07) is 8.10. The molecule has 0 bridgehead atoms. The van der Waals surface area contributed by atoms with Crippen LogP contribution in [0.3, 0.4) is 0 Å². The minimum absolute atomic E-state index is 0.678. The molecule has 6 nitrogen and oxygen atoms in total. The molecule has 4 heterocycles. The van der Waals surface area contributed by atoms with Gasteiger partial charge in [0.2, 0.25) is 5.95 Å². The zero-order chi connectivity index (χ0) is 15.9. The van der Waals surface area contributed by atoms with E-state index in [0.717, 1.165) is 40.1 Å². The Labute approximate surface area is 138 Å². The van der Waals surface area contributed by atoms with E-state index in [-0.39, 0.29) is 0 Å². The average molecular weight is 316 g/mol. The van der Waals surface area contributed by atoms with E-state index in [1.165, 1.54) is 12.8 Å². The molecule has 5 rings (SSSR count). The van der Waals surface area contributed by atoms with Crippen LogP contribution in [0, 0.1) is 5.92 Å². The van der Waals surface area contributed by atoms with Crippen LogP contribution in [0.15, 0.2) is 49.1 Å². The Morgan fingerprint density at radius 3 is 3.00 bits per heavy atom. The molecule has 6 heteroatoms. The lowest BCUT2D eigenvalue weighted by molar-refractivity contribution is 0.842. The zero-order valence-electron chi connectivity index (χ0n) is 13.1. The molecule has 0 aromatic carbocycles. The summed E-state index contributed by atoms with van der Waals surface area (Å²) in [5, 5.41) is 8.88. The van der Waals surface area contributed by atoms with Gasteiger partial charge in [-0.1, -0.05) is 0 Å². The lowest BCUT2D eigenvalue weighted by Crippen LogP contribution is -2.08. The molecule has 0 radical (unpaired) electrons. The fourth-order valence-electron chi connectivity index (χ4n) is 2.90. The average Bonchev–Trinajstić information content (AvgIpc) is 3.37. The molecule has 0 saturated heterocycles. The highest BCUT2D eigenvalue weighted by atomic mass is 15.3. The van der Waals surface area contributed by atoms with Gasteiger partial charge >= 0.3 is 0 Å². The fraction of sp³-hybridized carbons (Fsp3) is 0.222. The summed E-state index contributed by atoms with van der Waals surface area (Å²) in [6.45, 7) is 0.960. The van der Waals surface area contributed by atoms with E-state index in [4.69, 9.17) is 0 Å². The van der Waals surface area contributed by atoms with Crippen LogP contribution < -0.4 is 5.32 Å². The topological polar surface area (TPSA) is 68.0 Å². The molecular formula is C18H16N6. The summed E-state index contributed by atoms with van der Waals surface area (Å²) in [4.78, 5) is 13.2. The number of hydrogen-bond acceptors (Lipinski definition) is 5. The second-order valence-electron chi connectivity index (χ2n) is 6.24. The molecule has 0 amide bonds. The van der Waals surface area contributed by atoms with E-state index in [9.17, 15) is 0 Å². The van der Waals surface area contributed by atoms with Crippen LogP contribution in [0.5, 0.6) is 0 Å². The van der Waals surface area contributed by atoms with Crippen molar-refractivity contribution in [2.24, 2.45) is 5.92 Å². The molecule has 0 atom stereocenters. The van der Waals surface area contributed by atoms with Gasteiger partial charge in [0.15, 0.2) is 5.65 Å². The number of aromatic nitrogens is 5. The molecule has 1 N–H and O–H groups in total. The molecule has 1 aliphatic rings. The van der Waals surface area contributed by atoms with Crippen molar-refractivity contribution in [3.05, 3.63) is 49.1 Å². The molecule has 24 heavy (non-hydrogen) atoms. The second kappa shape index (κ2) is 5.26. The van der Waals surface area contributed by atoms with Crippen molar-refractivity contribution >= 4 is 22.5 Å². The molecule has 1 saturated carbocycles. The SMILES string of the molecule is c1cnc2ncc(-c3ccn4nc(NCC5CC5)ncc34)cc2c1. The molecule has 118 valence electrons. The van der Waals surface area contributed by atoms with Crippen molar-refractivity contribution in [1.29, 1.82) is 0 Å². The second-order valence-corrected chi connectivity index (χ2v) is 6.24. The summed E-state index contributed by atoms with van der Waals surface area (Å²) < 4.78 is 1.87. The van der Waals surface area contributed by atoms with E-state index in [0.29, 0.717) is 5.95 Å². The number of fused-ring (bicyclic) bond motifs is 2. The molecule has 0 unspecified atom stereocenters. The minimum atomic E-state index is 0.678. The minimum Gasteiger partial charge on any atom is -0.353 e. The maximum absolute atomic E-state index is 4.55. The number of nitrogens with one attached hydrogen (secondary N) is 1. The number of rotatable bonds is 4. The number of nitrogens with zero attached hydrogens (tertiary/aromatic N) is 5. The van der Waals surface area contributed by atoms with E-state index in [1.807, 2.05) is 41.3 Å². The van der Waals surface area contributed by atoms with Crippen molar-refractivity contribution < 1.29 is 0 Å². The van der Waals surface area contributed by atoms with E-state index >= 15 is 0 Å². The molecule has 0 spiro atoms. The first kappa shape index (κ1) is 13.4. The first-order valence-corrected chi connectivity index (χ1v) is 8.16. The molecule has 4 aromatic rings. The molecule has 4 aromatic heterocycles. The molecular weight excluding hydrogens is 300 g/mol. The Kier molecular flexibility index (Phi) is 2.94. The first-order chi connectivity index (χ1) is 11.9. The van der Waals surface area contributed by atoms with Gasteiger partial charge in [-0.2, -0.15) is 0 Å². The van der Waals surface area contributed by atoms with Gasteiger partial charge in [-0.25, -0.2) is 19.5 Å². The Hall–Kier alpha value is -3.02.